The minimum atomic E-state index is 0.435. The van der Waals surface area contributed by atoms with Crippen LogP contribution in [0.5, 0.6) is 11.5 Å². The monoisotopic (exact) mass is 346 g/mol. The number of fused-ring (bicyclic) bond motifs is 1. The van der Waals surface area contributed by atoms with E-state index in [1.54, 1.807) is 18.6 Å². The number of nitrogens with one attached hydrogen (secondary N) is 1. The number of aromatic nitrogens is 4. The highest BCUT2D eigenvalue weighted by Crippen LogP contribution is 2.30. The Morgan fingerprint density at radius 3 is 2.62 bits per heavy atom. The zero-order valence-electron chi connectivity index (χ0n) is 14.3. The Labute approximate surface area is 150 Å². The fourth-order valence-corrected chi connectivity index (χ4v) is 2.67. The molecule has 0 amide bonds. The molecule has 0 aliphatic carbocycles. The van der Waals surface area contributed by atoms with Gasteiger partial charge in [0.25, 0.3) is 0 Å². The van der Waals surface area contributed by atoms with Gasteiger partial charge in [-0.15, -0.1) is 0 Å². The van der Waals surface area contributed by atoms with E-state index in [9.17, 15) is 0 Å². The zero-order chi connectivity index (χ0) is 17.8. The van der Waals surface area contributed by atoms with Crippen LogP contribution in [0.15, 0.2) is 61.1 Å². The molecule has 3 heterocycles. The lowest BCUT2D eigenvalue weighted by Crippen LogP contribution is -1.98. The van der Waals surface area contributed by atoms with Crippen LogP contribution in [0.3, 0.4) is 0 Å². The van der Waals surface area contributed by atoms with E-state index < -0.39 is 0 Å². The fraction of sp³-hybridized carbons (Fsp3) is 0.150. The normalized spacial score (nSPS) is 10.8. The number of rotatable bonds is 6. The minimum Gasteiger partial charge on any atom is -0.494 e. The molecule has 0 atom stereocenters. The second kappa shape index (κ2) is 7.23. The Hall–Kier alpha value is -3.41. The summed E-state index contributed by atoms with van der Waals surface area (Å²) in [5, 5.41) is 0. The van der Waals surface area contributed by atoms with E-state index in [-0.39, 0.29) is 0 Å². The van der Waals surface area contributed by atoms with Crippen LogP contribution in [-0.4, -0.2) is 26.5 Å². The maximum Gasteiger partial charge on any atom is 0.178 e. The number of aromatic amines is 1. The van der Waals surface area contributed by atoms with Crippen LogP contribution in [0, 0.1) is 0 Å². The van der Waals surface area contributed by atoms with Gasteiger partial charge in [0.1, 0.15) is 23.9 Å². The molecule has 1 aromatic carbocycles. The van der Waals surface area contributed by atoms with Crippen molar-refractivity contribution in [2.75, 3.05) is 6.61 Å². The first-order chi connectivity index (χ1) is 12.8. The summed E-state index contributed by atoms with van der Waals surface area (Å²) in [7, 11) is 0. The van der Waals surface area contributed by atoms with Crippen LogP contribution in [0.25, 0.3) is 22.6 Å². The predicted octanol–water partition coefficient (Wildman–Crippen LogP) is 4.00. The first-order valence-electron chi connectivity index (χ1n) is 8.42. The van der Waals surface area contributed by atoms with Crippen molar-refractivity contribution in [2.24, 2.45) is 0 Å². The number of pyridine rings is 2. The van der Waals surface area contributed by atoms with Crippen LogP contribution in [0.4, 0.5) is 0 Å². The summed E-state index contributed by atoms with van der Waals surface area (Å²) >= 11 is 0. The molecule has 0 radical (unpaired) electrons. The van der Waals surface area contributed by atoms with Gasteiger partial charge in [0.05, 0.1) is 12.1 Å². The predicted molar refractivity (Wildman–Crippen MR) is 99.1 cm³/mol. The first-order valence-corrected chi connectivity index (χ1v) is 8.42. The minimum absolute atomic E-state index is 0.435. The smallest absolute Gasteiger partial charge is 0.178 e. The highest BCUT2D eigenvalue weighted by Gasteiger charge is 2.10. The van der Waals surface area contributed by atoms with E-state index >= 15 is 0 Å². The number of hydrogen-bond acceptors (Lipinski definition) is 5. The molecule has 0 bridgehead atoms. The molecular weight excluding hydrogens is 328 g/mol. The molecule has 4 rings (SSSR count). The molecule has 0 spiro atoms. The van der Waals surface area contributed by atoms with Crippen molar-refractivity contribution in [3.63, 3.8) is 0 Å². The van der Waals surface area contributed by atoms with Gasteiger partial charge in [-0.2, -0.15) is 0 Å². The summed E-state index contributed by atoms with van der Waals surface area (Å²) < 4.78 is 11.6. The summed E-state index contributed by atoms with van der Waals surface area (Å²) in [6.07, 6.45) is 5.26. The number of hydrogen-bond donors (Lipinski definition) is 1. The number of imidazole rings is 1. The maximum atomic E-state index is 5.94. The van der Waals surface area contributed by atoms with Crippen molar-refractivity contribution in [2.45, 2.75) is 13.5 Å². The van der Waals surface area contributed by atoms with Gasteiger partial charge < -0.3 is 14.5 Å². The number of H-pyrrole nitrogens is 1. The third-order valence-corrected chi connectivity index (χ3v) is 3.85. The van der Waals surface area contributed by atoms with Gasteiger partial charge in [-0.1, -0.05) is 6.07 Å². The summed E-state index contributed by atoms with van der Waals surface area (Å²) in [5.74, 6) is 2.18. The summed E-state index contributed by atoms with van der Waals surface area (Å²) in [4.78, 5) is 16.2. The molecule has 0 saturated heterocycles. The van der Waals surface area contributed by atoms with Crippen molar-refractivity contribution >= 4 is 11.2 Å². The molecule has 6 heteroatoms. The molecule has 6 nitrogen and oxygen atoms in total. The molecule has 3 aromatic heterocycles. The zero-order valence-corrected chi connectivity index (χ0v) is 14.3. The van der Waals surface area contributed by atoms with Crippen molar-refractivity contribution in [3.8, 4) is 22.9 Å². The lowest BCUT2D eigenvalue weighted by Gasteiger charge is -2.11. The van der Waals surface area contributed by atoms with Gasteiger partial charge in [0.15, 0.2) is 5.65 Å². The van der Waals surface area contributed by atoms with Crippen molar-refractivity contribution in [3.05, 3.63) is 66.6 Å². The second-order valence-electron chi connectivity index (χ2n) is 5.74. The van der Waals surface area contributed by atoms with Gasteiger partial charge in [0.2, 0.25) is 0 Å². The molecule has 1 N–H and O–H groups in total. The van der Waals surface area contributed by atoms with Crippen molar-refractivity contribution < 1.29 is 9.47 Å². The van der Waals surface area contributed by atoms with Crippen LogP contribution in [0.1, 0.15) is 12.5 Å². The highest BCUT2D eigenvalue weighted by atomic mass is 16.5. The third-order valence-electron chi connectivity index (χ3n) is 3.85. The lowest BCUT2D eigenvalue weighted by molar-refractivity contribution is 0.299. The van der Waals surface area contributed by atoms with Gasteiger partial charge in [0, 0.05) is 35.8 Å². The average Bonchev–Trinajstić information content (AvgIpc) is 3.12. The number of benzene rings is 1. The molecular formula is C20H18N4O2. The van der Waals surface area contributed by atoms with Gasteiger partial charge >= 0.3 is 0 Å². The molecule has 0 unspecified atom stereocenters. The molecule has 130 valence electrons. The van der Waals surface area contributed by atoms with Gasteiger partial charge in [-0.05, 0) is 37.3 Å². The molecule has 0 aliphatic heterocycles. The second-order valence-corrected chi connectivity index (χ2v) is 5.74. The average molecular weight is 346 g/mol. The number of ether oxygens (including phenoxy) is 2. The third kappa shape index (κ3) is 3.49. The van der Waals surface area contributed by atoms with E-state index in [1.807, 2.05) is 49.4 Å². The summed E-state index contributed by atoms with van der Waals surface area (Å²) in [5.41, 5.74) is 3.46. The molecule has 0 saturated carbocycles. The van der Waals surface area contributed by atoms with Crippen LogP contribution in [0.2, 0.25) is 0 Å². The maximum absolute atomic E-state index is 5.94. The Kier molecular flexibility index (Phi) is 4.47. The van der Waals surface area contributed by atoms with Crippen molar-refractivity contribution in [1.82, 2.24) is 19.9 Å². The van der Waals surface area contributed by atoms with E-state index in [2.05, 4.69) is 19.9 Å². The van der Waals surface area contributed by atoms with E-state index in [4.69, 9.17) is 9.47 Å². The Morgan fingerprint density at radius 2 is 1.85 bits per heavy atom. The van der Waals surface area contributed by atoms with Crippen LogP contribution < -0.4 is 9.47 Å². The Balaban J connectivity index is 1.66. The topological polar surface area (TPSA) is 72.9 Å². The molecule has 0 fully saturated rings. The SMILES string of the molecule is CCOc1cc(OCc2cccnc2)cc(-c2nc3ncccc3[nH]2)c1. The summed E-state index contributed by atoms with van der Waals surface area (Å²) in [6, 6.07) is 13.5. The lowest BCUT2D eigenvalue weighted by atomic mass is 10.2. The largest absolute Gasteiger partial charge is 0.494 e. The van der Waals surface area contributed by atoms with Gasteiger partial charge in [-0.25, -0.2) is 9.97 Å². The molecule has 0 aliphatic rings. The van der Waals surface area contributed by atoms with Crippen LogP contribution >= 0.6 is 0 Å². The number of nitrogens with zero attached hydrogens (tertiary/aromatic N) is 3. The Morgan fingerprint density at radius 1 is 1.00 bits per heavy atom. The van der Waals surface area contributed by atoms with Crippen LogP contribution in [-0.2, 0) is 6.61 Å². The van der Waals surface area contributed by atoms with E-state index in [0.717, 1.165) is 28.2 Å². The first kappa shape index (κ1) is 16.1. The molecule has 4 aromatic rings. The fourth-order valence-electron chi connectivity index (χ4n) is 2.67. The van der Waals surface area contributed by atoms with E-state index in [0.29, 0.717) is 24.6 Å². The highest BCUT2D eigenvalue weighted by molar-refractivity contribution is 5.76. The standard InChI is InChI=1S/C20H18N4O2/c1-2-25-16-9-15(19-23-18-6-4-8-22-20(18)24-19)10-17(11-16)26-13-14-5-3-7-21-12-14/h3-12H,2,13H2,1H3,(H,22,23,24). The van der Waals surface area contributed by atoms with Gasteiger partial charge in [-0.3, -0.25) is 4.98 Å². The molecule has 26 heavy (non-hydrogen) atoms. The Bertz CT molecular complexity index is 982. The van der Waals surface area contributed by atoms with Crippen molar-refractivity contribution in [1.29, 1.82) is 0 Å². The quantitative estimate of drug-likeness (QED) is 0.571. The summed E-state index contributed by atoms with van der Waals surface area (Å²) in [6.45, 7) is 2.96. The van der Waals surface area contributed by atoms with E-state index in [1.165, 1.54) is 0 Å².